The zero-order valence-corrected chi connectivity index (χ0v) is 14.6. The van der Waals surface area contributed by atoms with E-state index in [2.05, 4.69) is 4.90 Å². The van der Waals surface area contributed by atoms with Gasteiger partial charge >= 0.3 is 0 Å². The number of piperidine rings is 2. The quantitative estimate of drug-likeness (QED) is 0.796. The standard InChI is InChI=1S/C20H28N2O2/c1-24-19-7-5-6-17(16-19)8-9-20(23)22-14-10-18(11-15-22)21-12-3-2-4-13-21/h5-9,16,18H,2-4,10-15H2,1H3. The van der Waals surface area contributed by atoms with Gasteiger partial charge < -0.3 is 14.5 Å². The average Bonchev–Trinajstić information content (AvgIpc) is 2.67. The van der Waals surface area contributed by atoms with Gasteiger partial charge in [0.15, 0.2) is 0 Å². The number of ether oxygens (including phenoxy) is 1. The van der Waals surface area contributed by atoms with Crippen LogP contribution in [0.5, 0.6) is 5.75 Å². The summed E-state index contributed by atoms with van der Waals surface area (Å²) in [5, 5.41) is 0. The summed E-state index contributed by atoms with van der Waals surface area (Å²) in [7, 11) is 1.65. The number of rotatable bonds is 4. The molecule has 0 aliphatic carbocycles. The van der Waals surface area contributed by atoms with Crippen molar-refractivity contribution in [1.82, 2.24) is 9.80 Å². The number of carbonyl (C=O) groups is 1. The molecule has 2 aliphatic rings. The summed E-state index contributed by atoms with van der Waals surface area (Å²) >= 11 is 0. The number of methoxy groups -OCH3 is 1. The Morgan fingerprint density at radius 2 is 1.88 bits per heavy atom. The zero-order valence-electron chi connectivity index (χ0n) is 14.6. The topological polar surface area (TPSA) is 32.8 Å². The fourth-order valence-electron chi connectivity index (χ4n) is 3.75. The maximum Gasteiger partial charge on any atom is 0.246 e. The summed E-state index contributed by atoms with van der Waals surface area (Å²) in [6.45, 7) is 4.24. The third-order valence-corrected chi connectivity index (χ3v) is 5.20. The van der Waals surface area contributed by atoms with E-state index in [4.69, 9.17) is 4.74 Å². The van der Waals surface area contributed by atoms with Crippen molar-refractivity contribution in [3.63, 3.8) is 0 Å². The Balaban J connectivity index is 1.50. The molecule has 24 heavy (non-hydrogen) atoms. The average molecular weight is 328 g/mol. The number of amides is 1. The van der Waals surface area contributed by atoms with Crippen molar-refractivity contribution in [2.24, 2.45) is 0 Å². The van der Waals surface area contributed by atoms with Crippen LogP contribution in [0, 0.1) is 0 Å². The number of hydrogen-bond donors (Lipinski definition) is 0. The van der Waals surface area contributed by atoms with E-state index in [0.29, 0.717) is 6.04 Å². The minimum Gasteiger partial charge on any atom is -0.497 e. The van der Waals surface area contributed by atoms with Crippen LogP contribution >= 0.6 is 0 Å². The van der Waals surface area contributed by atoms with Crippen molar-refractivity contribution in [2.45, 2.75) is 38.1 Å². The lowest BCUT2D eigenvalue weighted by Crippen LogP contribution is -2.47. The van der Waals surface area contributed by atoms with E-state index in [9.17, 15) is 4.79 Å². The maximum absolute atomic E-state index is 12.4. The smallest absolute Gasteiger partial charge is 0.246 e. The van der Waals surface area contributed by atoms with Crippen molar-refractivity contribution in [3.05, 3.63) is 35.9 Å². The van der Waals surface area contributed by atoms with E-state index in [-0.39, 0.29) is 5.91 Å². The molecule has 0 saturated carbocycles. The molecule has 1 amide bonds. The summed E-state index contributed by atoms with van der Waals surface area (Å²) < 4.78 is 5.21. The van der Waals surface area contributed by atoms with Crippen LogP contribution < -0.4 is 4.74 Å². The highest BCUT2D eigenvalue weighted by atomic mass is 16.5. The number of benzene rings is 1. The second-order valence-corrected chi connectivity index (χ2v) is 6.76. The summed E-state index contributed by atoms with van der Waals surface area (Å²) in [6, 6.07) is 8.44. The molecular formula is C20H28N2O2. The van der Waals surface area contributed by atoms with Crippen molar-refractivity contribution in [3.8, 4) is 5.75 Å². The molecule has 0 N–H and O–H groups in total. The minimum absolute atomic E-state index is 0.120. The minimum atomic E-state index is 0.120. The van der Waals surface area contributed by atoms with E-state index in [0.717, 1.165) is 37.2 Å². The predicted octanol–water partition coefficient (Wildman–Crippen LogP) is 3.19. The Kier molecular flexibility index (Phi) is 5.91. The molecule has 130 valence electrons. The van der Waals surface area contributed by atoms with Crippen LogP contribution in [0.25, 0.3) is 6.08 Å². The maximum atomic E-state index is 12.4. The molecule has 0 radical (unpaired) electrons. The number of likely N-dealkylation sites (tertiary alicyclic amines) is 2. The fraction of sp³-hybridized carbons (Fsp3) is 0.550. The Hall–Kier alpha value is -1.81. The van der Waals surface area contributed by atoms with Crippen LogP contribution in [0.1, 0.15) is 37.7 Å². The Labute approximate surface area is 145 Å². The monoisotopic (exact) mass is 328 g/mol. The second-order valence-electron chi connectivity index (χ2n) is 6.76. The van der Waals surface area contributed by atoms with Gasteiger partial charge in [-0.2, -0.15) is 0 Å². The van der Waals surface area contributed by atoms with Crippen LogP contribution in [-0.2, 0) is 4.79 Å². The van der Waals surface area contributed by atoms with Crippen molar-refractivity contribution < 1.29 is 9.53 Å². The first-order valence-corrected chi connectivity index (χ1v) is 9.11. The lowest BCUT2D eigenvalue weighted by molar-refractivity contribution is -0.127. The molecule has 4 heteroatoms. The van der Waals surface area contributed by atoms with Crippen LogP contribution in [-0.4, -0.2) is 55.0 Å². The normalized spacial score (nSPS) is 20.5. The zero-order chi connectivity index (χ0) is 16.8. The number of nitrogens with zero attached hydrogens (tertiary/aromatic N) is 2. The van der Waals surface area contributed by atoms with E-state index in [1.165, 1.54) is 32.4 Å². The molecule has 1 aromatic carbocycles. The van der Waals surface area contributed by atoms with Gasteiger partial charge in [-0.1, -0.05) is 18.6 Å². The van der Waals surface area contributed by atoms with Gasteiger partial charge in [0.1, 0.15) is 5.75 Å². The Bertz CT molecular complexity index is 571. The highest BCUT2D eigenvalue weighted by Crippen LogP contribution is 2.21. The third-order valence-electron chi connectivity index (χ3n) is 5.20. The lowest BCUT2D eigenvalue weighted by Gasteiger charge is -2.40. The van der Waals surface area contributed by atoms with Crippen molar-refractivity contribution >= 4 is 12.0 Å². The molecule has 3 rings (SSSR count). The van der Waals surface area contributed by atoms with E-state index >= 15 is 0 Å². The summed E-state index contributed by atoms with van der Waals surface area (Å²) in [4.78, 5) is 17.0. The summed E-state index contributed by atoms with van der Waals surface area (Å²) in [5.74, 6) is 0.932. The molecule has 1 aromatic rings. The Morgan fingerprint density at radius 1 is 1.12 bits per heavy atom. The summed E-state index contributed by atoms with van der Waals surface area (Å²) in [6.07, 6.45) is 9.84. The largest absolute Gasteiger partial charge is 0.497 e. The predicted molar refractivity (Wildman–Crippen MR) is 97.1 cm³/mol. The SMILES string of the molecule is COc1cccc(C=CC(=O)N2CCC(N3CCCCC3)CC2)c1. The molecule has 2 heterocycles. The van der Waals surface area contributed by atoms with Crippen LogP contribution in [0.2, 0.25) is 0 Å². The van der Waals surface area contributed by atoms with E-state index < -0.39 is 0 Å². The van der Waals surface area contributed by atoms with Crippen LogP contribution in [0.15, 0.2) is 30.3 Å². The molecule has 0 aromatic heterocycles. The van der Waals surface area contributed by atoms with Gasteiger partial charge in [0.2, 0.25) is 5.91 Å². The van der Waals surface area contributed by atoms with Gasteiger partial charge in [-0.15, -0.1) is 0 Å². The van der Waals surface area contributed by atoms with Crippen LogP contribution in [0.3, 0.4) is 0 Å². The molecule has 4 nitrogen and oxygen atoms in total. The molecule has 0 atom stereocenters. The molecular weight excluding hydrogens is 300 g/mol. The van der Waals surface area contributed by atoms with Crippen molar-refractivity contribution in [2.75, 3.05) is 33.3 Å². The number of carbonyl (C=O) groups excluding carboxylic acids is 1. The third kappa shape index (κ3) is 4.38. The molecule has 0 spiro atoms. The van der Waals surface area contributed by atoms with E-state index in [1.807, 2.05) is 35.2 Å². The van der Waals surface area contributed by atoms with Gasteiger partial charge in [-0.05, 0) is 62.5 Å². The first kappa shape index (κ1) is 17.0. The first-order chi connectivity index (χ1) is 11.8. The van der Waals surface area contributed by atoms with Gasteiger partial charge in [-0.3, -0.25) is 4.79 Å². The van der Waals surface area contributed by atoms with Gasteiger partial charge in [0.05, 0.1) is 7.11 Å². The van der Waals surface area contributed by atoms with E-state index in [1.54, 1.807) is 13.2 Å². The molecule has 2 saturated heterocycles. The molecule has 0 bridgehead atoms. The molecule has 2 aliphatic heterocycles. The first-order valence-electron chi connectivity index (χ1n) is 9.11. The summed E-state index contributed by atoms with van der Waals surface area (Å²) in [5.41, 5.74) is 0.992. The van der Waals surface area contributed by atoms with Crippen molar-refractivity contribution in [1.29, 1.82) is 0 Å². The van der Waals surface area contributed by atoms with Crippen LogP contribution in [0.4, 0.5) is 0 Å². The van der Waals surface area contributed by atoms with Gasteiger partial charge in [0, 0.05) is 25.2 Å². The highest BCUT2D eigenvalue weighted by molar-refractivity contribution is 5.91. The molecule has 2 fully saturated rings. The lowest BCUT2D eigenvalue weighted by atomic mass is 10.00. The van der Waals surface area contributed by atoms with Gasteiger partial charge in [-0.25, -0.2) is 0 Å². The molecule has 0 unspecified atom stereocenters. The highest BCUT2D eigenvalue weighted by Gasteiger charge is 2.26. The Morgan fingerprint density at radius 3 is 2.58 bits per heavy atom. The van der Waals surface area contributed by atoms with Gasteiger partial charge in [0.25, 0.3) is 0 Å². The second kappa shape index (κ2) is 8.34. The fourth-order valence-corrected chi connectivity index (χ4v) is 3.75. The number of hydrogen-bond acceptors (Lipinski definition) is 3.